The molecule has 104 valence electrons. The number of nitrogens with zero attached hydrogens (tertiary/aromatic N) is 1. The number of hydrogen-bond donors (Lipinski definition) is 1. The SMILES string of the molecule is Clc1cc(Cl)cc(Oc2ccnc(CNC3CC3)c2)c1. The molecule has 0 spiro atoms. The third kappa shape index (κ3) is 3.85. The van der Waals surface area contributed by atoms with Crippen LogP contribution in [0.5, 0.6) is 11.5 Å². The van der Waals surface area contributed by atoms with Crippen LogP contribution in [0.4, 0.5) is 0 Å². The summed E-state index contributed by atoms with van der Waals surface area (Å²) in [6, 6.07) is 9.53. The van der Waals surface area contributed by atoms with Crippen molar-refractivity contribution in [1.29, 1.82) is 0 Å². The van der Waals surface area contributed by atoms with Crippen molar-refractivity contribution >= 4 is 23.2 Å². The van der Waals surface area contributed by atoms with Gasteiger partial charge in [-0.25, -0.2) is 0 Å². The van der Waals surface area contributed by atoms with Gasteiger partial charge in [0.1, 0.15) is 11.5 Å². The van der Waals surface area contributed by atoms with E-state index in [0.29, 0.717) is 21.8 Å². The third-order valence-electron chi connectivity index (χ3n) is 3.01. The Morgan fingerprint density at radius 1 is 1.10 bits per heavy atom. The minimum absolute atomic E-state index is 0.553. The lowest BCUT2D eigenvalue weighted by Crippen LogP contribution is -2.16. The van der Waals surface area contributed by atoms with Gasteiger partial charge >= 0.3 is 0 Å². The molecule has 0 bridgehead atoms. The highest BCUT2D eigenvalue weighted by Crippen LogP contribution is 2.28. The quantitative estimate of drug-likeness (QED) is 0.887. The molecule has 1 aromatic carbocycles. The van der Waals surface area contributed by atoms with Crippen LogP contribution in [-0.4, -0.2) is 11.0 Å². The van der Waals surface area contributed by atoms with Crippen LogP contribution in [0.1, 0.15) is 18.5 Å². The number of benzene rings is 1. The van der Waals surface area contributed by atoms with Gasteiger partial charge in [0.2, 0.25) is 0 Å². The summed E-state index contributed by atoms with van der Waals surface area (Å²) in [6.45, 7) is 0.762. The smallest absolute Gasteiger partial charge is 0.130 e. The Morgan fingerprint density at radius 3 is 2.55 bits per heavy atom. The van der Waals surface area contributed by atoms with Crippen LogP contribution in [-0.2, 0) is 6.54 Å². The molecular weight excluding hydrogens is 295 g/mol. The molecule has 0 amide bonds. The van der Waals surface area contributed by atoms with Crippen molar-refractivity contribution in [3.8, 4) is 11.5 Å². The molecule has 3 nitrogen and oxygen atoms in total. The number of hydrogen-bond acceptors (Lipinski definition) is 3. The summed E-state index contributed by atoms with van der Waals surface area (Å²) in [5.41, 5.74) is 0.961. The number of pyridine rings is 1. The maximum atomic E-state index is 5.95. The predicted molar refractivity (Wildman–Crippen MR) is 80.6 cm³/mol. The van der Waals surface area contributed by atoms with Crippen LogP contribution in [0, 0.1) is 0 Å². The lowest BCUT2D eigenvalue weighted by Gasteiger charge is -2.08. The van der Waals surface area contributed by atoms with E-state index >= 15 is 0 Å². The Hall–Kier alpha value is -1.29. The van der Waals surface area contributed by atoms with Crippen molar-refractivity contribution in [1.82, 2.24) is 10.3 Å². The van der Waals surface area contributed by atoms with Gasteiger partial charge in [0, 0.05) is 34.9 Å². The molecule has 0 unspecified atom stereocenters. The highest BCUT2D eigenvalue weighted by Gasteiger charge is 2.20. The number of ether oxygens (including phenoxy) is 1. The van der Waals surface area contributed by atoms with E-state index < -0.39 is 0 Å². The Balaban J connectivity index is 1.70. The predicted octanol–water partition coefficient (Wildman–Crippen LogP) is 4.43. The van der Waals surface area contributed by atoms with Crippen molar-refractivity contribution in [3.63, 3.8) is 0 Å². The maximum Gasteiger partial charge on any atom is 0.130 e. The molecule has 1 aromatic heterocycles. The first-order chi connectivity index (χ1) is 9.69. The molecular formula is C15H14Cl2N2O. The average molecular weight is 309 g/mol. The Morgan fingerprint density at radius 2 is 1.85 bits per heavy atom. The summed E-state index contributed by atoms with van der Waals surface area (Å²) in [6.07, 6.45) is 4.26. The zero-order chi connectivity index (χ0) is 13.9. The fraction of sp³-hybridized carbons (Fsp3) is 0.267. The zero-order valence-electron chi connectivity index (χ0n) is 10.8. The summed E-state index contributed by atoms with van der Waals surface area (Å²) in [5.74, 6) is 1.35. The second kappa shape index (κ2) is 6.00. The van der Waals surface area contributed by atoms with Crippen LogP contribution in [0.15, 0.2) is 36.5 Å². The minimum atomic E-state index is 0.553. The third-order valence-corrected chi connectivity index (χ3v) is 3.45. The molecule has 1 aliphatic carbocycles. The first-order valence-electron chi connectivity index (χ1n) is 6.51. The normalized spacial score (nSPS) is 14.3. The van der Waals surface area contributed by atoms with Crippen LogP contribution in [0.2, 0.25) is 10.0 Å². The highest BCUT2D eigenvalue weighted by molar-refractivity contribution is 6.34. The molecule has 20 heavy (non-hydrogen) atoms. The van der Waals surface area contributed by atoms with Crippen LogP contribution < -0.4 is 10.1 Å². The highest BCUT2D eigenvalue weighted by atomic mass is 35.5. The summed E-state index contributed by atoms with van der Waals surface area (Å²) >= 11 is 11.9. The monoisotopic (exact) mass is 308 g/mol. The number of aromatic nitrogens is 1. The molecule has 2 aromatic rings. The minimum Gasteiger partial charge on any atom is -0.457 e. The van der Waals surface area contributed by atoms with Gasteiger partial charge in [-0.15, -0.1) is 0 Å². The van der Waals surface area contributed by atoms with E-state index in [9.17, 15) is 0 Å². The lowest BCUT2D eigenvalue weighted by molar-refractivity contribution is 0.480. The van der Waals surface area contributed by atoms with Crippen LogP contribution in [0.25, 0.3) is 0 Å². The molecule has 0 aliphatic heterocycles. The lowest BCUT2D eigenvalue weighted by atomic mass is 10.3. The van der Waals surface area contributed by atoms with Gasteiger partial charge < -0.3 is 10.1 Å². The topological polar surface area (TPSA) is 34.1 Å². The molecule has 1 fully saturated rings. The van der Waals surface area contributed by atoms with Crippen molar-refractivity contribution in [3.05, 3.63) is 52.3 Å². The zero-order valence-corrected chi connectivity index (χ0v) is 12.3. The van der Waals surface area contributed by atoms with Crippen molar-refractivity contribution in [2.45, 2.75) is 25.4 Å². The fourth-order valence-corrected chi connectivity index (χ4v) is 2.38. The Kier molecular flexibility index (Phi) is 4.10. The van der Waals surface area contributed by atoms with E-state index in [1.807, 2.05) is 12.1 Å². The molecule has 1 aliphatic rings. The Labute approximate surface area is 127 Å². The van der Waals surface area contributed by atoms with E-state index in [-0.39, 0.29) is 0 Å². The van der Waals surface area contributed by atoms with Gasteiger partial charge in [-0.05, 0) is 37.1 Å². The van der Waals surface area contributed by atoms with E-state index in [2.05, 4.69) is 10.3 Å². The fourth-order valence-electron chi connectivity index (χ4n) is 1.88. The molecule has 1 saturated carbocycles. The molecule has 1 N–H and O–H groups in total. The second-order valence-electron chi connectivity index (χ2n) is 4.85. The van der Waals surface area contributed by atoms with E-state index in [1.54, 1.807) is 24.4 Å². The Bertz CT molecular complexity index is 594. The summed E-state index contributed by atoms with van der Waals surface area (Å²) in [5, 5.41) is 4.53. The number of halogens is 2. The van der Waals surface area contributed by atoms with Gasteiger partial charge in [-0.2, -0.15) is 0 Å². The molecule has 1 heterocycles. The van der Waals surface area contributed by atoms with E-state index in [1.165, 1.54) is 12.8 Å². The second-order valence-corrected chi connectivity index (χ2v) is 5.72. The maximum absolute atomic E-state index is 5.95. The molecule has 0 saturated heterocycles. The van der Waals surface area contributed by atoms with Gasteiger partial charge in [0.25, 0.3) is 0 Å². The van der Waals surface area contributed by atoms with Crippen molar-refractivity contribution in [2.24, 2.45) is 0 Å². The number of rotatable bonds is 5. The summed E-state index contributed by atoms with van der Waals surface area (Å²) in [4.78, 5) is 4.32. The molecule has 0 atom stereocenters. The van der Waals surface area contributed by atoms with Gasteiger partial charge in [0.05, 0.1) is 5.69 Å². The first-order valence-corrected chi connectivity index (χ1v) is 7.27. The standard InChI is InChI=1S/C15H14Cl2N2O/c16-10-5-11(17)7-15(6-10)20-14-3-4-18-13(8-14)9-19-12-1-2-12/h3-8,12,19H,1-2,9H2. The van der Waals surface area contributed by atoms with Gasteiger partial charge in [0.15, 0.2) is 0 Å². The summed E-state index contributed by atoms with van der Waals surface area (Å²) in [7, 11) is 0. The van der Waals surface area contributed by atoms with Gasteiger partial charge in [-0.1, -0.05) is 23.2 Å². The first kappa shape index (κ1) is 13.7. The largest absolute Gasteiger partial charge is 0.457 e. The van der Waals surface area contributed by atoms with Crippen molar-refractivity contribution in [2.75, 3.05) is 0 Å². The van der Waals surface area contributed by atoms with Crippen LogP contribution in [0.3, 0.4) is 0 Å². The molecule has 0 radical (unpaired) electrons. The molecule has 5 heteroatoms. The average Bonchev–Trinajstić information content (AvgIpc) is 3.19. The van der Waals surface area contributed by atoms with E-state index in [4.69, 9.17) is 27.9 Å². The summed E-state index contributed by atoms with van der Waals surface area (Å²) < 4.78 is 5.77. The van der Waals surface area contributed by atoms with Crippen LogP contribution >= 0.6 is 23.2 Å². The van der Waals surface area contributed by atoms with E-state index in [0.717, 1.165) is 18.0 Å². The molecule has 3 rings (SSSR count). The number of nitrogens with one attached hydrogen (secondary N) is 1. The van der Waals surface area contributed by atoms with Gasteiger partial charge in [-0.3, -0.25) is 4.98 Å². The van der Waals surface area contributed by atoms with Crippen molar-refractivity contribution < 1.29 is 4.74 Å².